The number of likely N-dealkylation sites (N-methyl/N-ethyl adjacent to an activating group) is 1. The van der Waals surface area contributed by atoms with Gasteiger partial charge in [0.25, 0.3) is 5.91 Å². The van der Waals surface area contributed by atoms with Crippen molar-refractivity contribution in [3.05, 3.63) is 45.7 Å². The Morgan fingerprint density at radius 3 is 2.55 bits per heavy atom. The molecule has 2 heterocycles. The summed E-state index contributed by atoms with van der Waals surface area (Å²) in [6.45, 7) is 4.64. The fourth-order valence-corrected chi connectivity index (χ4v) is 3.31. The maximum Gasteiger partial charge on any atom is 0.254 e. The second kappa shape index (κ2) is 7.47. The third-order valence-corrected chi connectivity index (χ3v) is 4.69. The summed E-state index contributed by atoms with van der Waals surface area (Å²) in [5, 5.41) is 5.06. The Morgan fingerprint density at radius 1 is 1.36 bits per heavy atom. The number of thiophene rings is 1. The van der Waals surface area contributed by atoms with Gasteiger partial charge in [-0.15, -0.1) is 11.3 Å². The van der Waals surface area contributed by atoms with Crippen molar-refractivity contribution in [2.45, 2.75) is 26.3 Å². The third kappa shape index (κ3) is 3.90. The fourth-order valence-electron chi connectivity index (χ4n) is 2.18. The largest absolute Gasteiger partial charge is 0.350 e. The lowest BCUT2D eigenvalue weighted by molar-refractivity contribution is 0.0941. The Labute approximate surface area is 135 Å². The van der Waals surface area contributed by atoms with Gasteiger partial charge < -0.3 is 10.2 Å². The van der Waals surface area contributed by atoms with Crippen molar-refractivity contribution >= 4 is 17.2 Å². The number of nitrogens with one attached hydrogen (secondary N) is 1. The molecule has 0 aliphatic carbocycles. The normalized spacial score (nSPS) is 12.4. The van der Waals surface area contributed by atoms with Crippen LogP contribution in [0.2, 0.25) is 0 Å². The zero-order valence-electron chi connectivity index (χ0n) is 13.5. The van der Waals surface area contributed by atoms with Crippen LogP contribution >= 0.6 is 11.3 Å². The molecule has 5 nitrogen and oxygen atoms in total. The molecule has 2 aromatic heterocycles. The first kappa shape index (κ1) is 16.6. The van der Waals surface area contributed by atoms with Gasteiger partial charge in [0.05, 0.1) is 11.6 Å². The van der Waals surface area contributed by atoms with Crippen molar-refractivity contribution in [3.63, 3.8) is 0 Å². The van der Waals surface area contributed by atoms with Crippen LogP contribution in [-0.4, -0.2) is 41.4 Å². The summed E-state index contributed by atoms with van der Waals surface area (Å²) in [6.07, 6.45) is 3.94. The van der Waals surface area contributed by atoms with Crippen LogP contribution in [0.5, 0.6) is 0 Å². The van der Waals surface area contributed by atoms with E-state index in [0.717, 1.165) is 12.2 Å². The van der Waals surface area contributed by atoms with Crippen LogP contribution in [0.4, 0.5) is 0 Å². The van der Waals surface area contributed by atoms with Crippen LogP contribution in [0.3, 0.4) is 0 Å². The van der Waals surface area contributed by atoms with Crippen molar-refractivity contribution in [2.24, 2.45) is 0 Å². The van der Waals surface area contributed by atoms with E-state index in [0.29, 0.717) is 12.1 Å². The highest BCUT2D eigenvalue weighted by Crippen LogP contribution is 2.26. The molecule has 118 valence electrons. The van der Waals surface area contributed by atoms with Crippen LogP contribution in [0.15, 0.2) is 23.8 Å². The summed E-state index contributed by atoms with van der Waals surface area (Å²) in [7, 11) is 4.05. The van der Waals surface area contributed by atoms with Crippen LogP contribution in [0, 0.1) is 6.92 Å². The van der Waals surface area contributed by atoms with Crippen molar-refractivity contribution < 1.29 is 4.79 Å². The van der Waals surface area contributed by atoms with Crippen LogP contribution in [0.25, 0.3) is 0 Å². The first-order chi connectivity index (χ1) is 10.5. The highest BCUT2D eigenvalue weighted by Gasteiger charge is 2.19. The number of hydrogen-bond acceptors (Lipinski definition) is 5. The molecule has 0 radical (unpaired) electrons. The molecule has 6 heteroatoms. The van der Waals surface area contributed by atoms with Crippen molar-refractivity contribution in [1.82, 2.24) is 20.2 Å². The first-order valence-electron chi connectivity index (χ1n) is 7.32. The number of hydrogen-bond donors (Lipinski definition) is 1. The number of amides is 1. The molecule has 0 bridgehead atoms. The summed E-state index contributed by atoms with van der Waals surface area (Å²) in [6, 6.07) is 2.27. The molecule has 1 amide bonds. The van der Waals surface area contributed by atoms with E-state index in [-0.39, 0.29) is 11.9 Å². The van der Waals surface area contributed by atoms with Crippen LogP contribution in [-0.2, 0) is 6.42 Å². The van der Waals surface area contributed by atoms with Gasteiger partial charge in [-0.05, 0) is 38.0 Å². The molecule has 0 unspecified atom stereocenters. The summed E-state index contributed by atoms with van der Waals surface area (Å²) >= 11 is 1.72. The number of rotatable bonds is 6. The predicted molar refractivity (Wildman–Crippen MR) is 89.2 cm³/mol. The van der Waals surface area contributed by atoms with E-state index in [4.69, 9.17) is 0 Å². The molecule has 0 aromatic carbocycles. The topological polar surface area (TPSA) is 58.1 Å². The third-order valence-electron chi connectivity index (χ3n) is 3.57. The summed E-state index contributed by atoms with van der Waals surface area (Å²) in [4.78, 5) is 23.9. The first-order valence-corrected chi connectivity index (χ1v) is 8.20. The SMILES string of the molecule is CCc1ncc(C(=O)NC[C@@H](c2sccc2C)N(C)C)cn1. The molecule has 2 aromatic rings. The van der Waals surface area contributed by atoms with Gasteiger partial charge in [-0.2, -0.15) is 0 Å². The smallest absolute Gasteiger partial charge is 0.254 e. The Hall–Kier alpha value is -1.79. The lowest BCUT2D eigenvalue weighted by atomic mass is 10.1. The number of nitrogens with zero attached hydrogens (tertiary/aromatic N) is 3. The Bertz CT molecular complexity index is 621. The van der Waals surface area contributed by atoms with E-state index in [1.165, 1.54) is 10.4 Å². The van der Waals surface area contributed by atoms with E-state index >= 15 is 0 Å². The van der Waals surface area contributed by atoms with Crippen molar-refractivity contribution in [2.75, 3.05) is 20.6 Å². The molecule has 1 N–H and O–H groups in total. The molecule has 0 spiro atoms. The standard InChI is InChI=1S/C16H22N4OS/c1-5-14-17-8-12(9-18-14)16(21)19-10-13(20(3)4)15-11(2)6-7-22-15/h6-9,13H,5,10H2,1-4H3,(H,19,21)/t13-/m0/s1. The van der Waals surface area contributed by atoms with Gasteiger partial charge in [0.1, 0.15) is 5.82 Å². The van der Waals surface area contributed by atoms with Crippen molar-refractivity contribution in [3.8, 4) is 0 Å². The maximum atomic E-state index is 12.2. The van der Waals surface area contributed by atoms with Gasteiger partial charge in [0.2, 0.25) is 0 Å². The highest BCUT2D eigenvalue weighted by molar-refractivity contribution is 7.10. The quantitative estimate of drug-likeness (QED) is 0.889. The minimum atomic E-state index is -0.135. The van der Waals surface area contributed by atoms with E-state index in [2.05, 4.69) is 38.6 Å². The van der Waals surface area contributed by atoms with E-state index in [1.807, 2.05) is 21.0 Å². The van der Waals surface area contributed by atoms with Gasteiger partial charge in [-0.1, -0.05) is 6.92 Å². The Morgan fingerprint density at radius 2 is 2.05 bits per heavy atom. The predicted octanol–water partition coefficient (Wildman–Crippen LogP) is 2.44. The minimum Gasteiger partial charge on any atom is -0.350 e. The molecule has 22 heavy (non-hydrogen) atoms. The molecule has 0 saturated carbocycles. The molecule has 0 aliphatic rings. The zero-order valence-corrected chi connectivity index (χ0v) is 14.3. The van der Waals surface area contributed by atoms with E-state index in [9.17, 15) is 4.79 Å². The Kier molecular flexibility index (Phi) is 5.63. The number of aryl methyl sites for hydroxylation is 2. The molecular formula is C16H22N4OS. The maximum absolute atomic E-state index is 12.2. The molecule has 2 rings (SSSR count). The molecule has 1 atom stereocenters. The summed E-state index contributed by atoms with van der Waals surface area (Å²) < 4.78 is 0. The molecule has 0 aliphatic heterocycles. The molecule has 0 fully saturated rings. The zero-order chi connectivity index (χ0) is 16.1. The molecule has 0 saturated heterocycles. The highest BCUT2D eigenvalue weighted by atomic mass is 32.1. The average Bonchev–Trinajstić information content (AvgIpc) is 2.93. The van der Waals surface area contributed by atoms with E-state index < -0.39 is 0 Å². The Balaban J connectivity index is 2.03. The number of carbonyl (C=O) groups is 1. The summed E-state index contributed by atoms with van der Waals surface area (Å²) in [5.74, 6) is 0.612. The van der Waals surface area contributed by atoms with Gasteiger partial charge >= 0.3 is 0 Å². The molecular weight excluding hydrogens is 296 g/mol. The minimum absolute atomic E-state index is 0.135. The van der Waals surface area contributed by atoms with Crippen LogP contribution < -0.4 is 5.32 Å². The van der Waals surface area contributed by atoms with Crippen molar-refractivity contribution in [1.29, 1.82) is 0 Å². The summed E-state index contributed by atoms with van der Waals surface area (Å²) in [5.41, 5.74) is 1.76. The van der Waals surface area contributed by atoms with Gasteiger partial charge in [0, 0.05) is 30.2 Å². The fraction of sp³-hybridized carbons (Fsp3) is 0.438. The number of carbonyl (C=O) groups excluding carboxylic acids is 1. The lowest BCUT2D eigenvalue weighted by Gasteiger charge is -2.24. The van der Waals surface area contributed by atoms with E-state index in [1.54, 1.807) is 23.7 Å². The second-order valence-corrected chi connectivity index (χ2v) is 6.35. The second-order valence-electron chi connectivity index (χ2n) is 5.40. The van der Waals surface area contributed by atoms with Gasteiger partial charge in [0.15, 0.2) is 0 Å². The lowest BCUT2D eigenvalue weighted by Crippen LogP contribution is -2.34. The monoisotopic (exact) mass is 318 g/mol. The van der Waals surface area contributed by atoms with Gasteiger partial charge in [-0.3, -0.25) is 4.79 Å². The number of aromatic nitrogens is 2. The van der Waals surface area contributed by atoms with Gasteiger partial charge in [-0.25, -0.2) is 9.97 Å². The van der Waals surface area contributed by atoms with Crippen LogP contribution in [0.1, 0.15) is 39.6 Å². The average molecular weight is 318 g/mol.